The van der Waals surface area contributed by atoms with Crippen LogP contribution in [0.1, 0.15) is 57.8 Å². The largest absolute Gasteiger partial charge is 0.103 e. The van der Waals surface area contributed by atoms with E-state index in [-0.39, 0.29) is 0 Å². The maximum absolute atomic E-state index is 3.82. The van der Waals surface area contributed by atoms with Crippen molar-refractivity contribution < 1.29 is 0 Å². The molecule has 0 saturated heterocycles. The van der Waals surface area contributed by atoms with Crippen molar-refractivity contribution >= 4 is 15.9 Å². The highest BCUT2D eigenvalue weighted by Gasteiger charge is 2.21. The Kier molecular flexibility index (Phi) is 6.59. The summed E-state index contributed by atoms with van der Waals surface area (Å²) in [6, 6.07) is 0. The van der Waals surface area contributed by atoms with Crippen LogP contribution in [0.3, 0.4) is 0 Å². The molecule has 0 aliphatic heterocycles. The quantitative estimate of drug-likeness (QED) is 0.354. The van der Waals surface area contributed by atoms with Gasteiger partial charge < -0.3 is 0 Å². The predicted octanol–water partition coefficient (Wildman–Crippen LogP) is 5.08. The van der Waals surface area contributed by atoms with Gasteiger partial charge in [0.25, 0.3) is 0 Å². The van der Waals surface area contributed by atoms with Crippen molar-refractivity contribution in [1.82, 2.24) is 0 Å². The summed E-state index contributed by atoms with van der Waals surface area (Å²) in [6.45, 7) is 3.75. The van der Waals surface area contributed by atoms with Gasteiger partial charge in [-0.1, -0.05) is 47.7 Å². The second-order valence-corrected chi connectivity index (χ2v) is 5.66. The average molecular weight is 259 g/mol. The molecule has 14 heavy (non-hydrogen) atoms. The molecule has 0 N–H and O–H groups in total. The monoisotopic (exact) mass is 258 g/mol. The van der Waals surface area contributed by atoms with Gasteiger partial charge in [-0.3, -0.25) is 0 Å². The Morgan fingerprint density at radius 2 is 1.93 bits per heavy atom. The summed E-state index contributed by atoms with van der Waals surface area (Å²) < 4.78 is 0. The lowest BCUT2D eigenvalue weighted by molar-refractivity contribution is 0.344. The molecule has 1 rings (SSSR count). The summed E-state index contributed by atoms with van der Waals surface area (Å²) in [7, 11) is 0. The summed E-state index contributed by atoms with van der Waals surface area (Å²) >= 11 is 3.82. The van der Waals surface area contributed by atoms with Crippen molar-refractivity contribution in [1.29, 1.82) is 0 Å². The van der Waals surface area contributed by atoms with E-state index in [0.717, 1.165) is 10.7 Å². The third kappa shape index (κ3) is 4.63. The molecule has 2 unspecified atom stereocenters. The molecular formula is C13H23Br. The van der Waals surface area contributed by atoms with Crippen molar-refractivity contribution in [3.8, 4) is 0 Å². The molecule has 82 valence electrons. The molecule has 0 aromatic carbocycles. The molecule has 1 aliphatic carbocycles. The van der Waals surface area contributed by atoms with Gasteiger partial charge in [0, 0.05) is 4.83 Å². The molecule has 2 atom stereocenters. The van der Waals surface area contributed by atoms with Gasteiger partial charge in [0.2, 0.25) is 0 Å². The van der Waals surface area contributed by atoms with E-state index in [2.05, 4.69) is 22.5 Å². The molecule has 0 bridgehead atoms. The number of rotatable bonds is 6. The molecule has 1 saturated carbocycles. The van der Waals surface area contributed by atoms with E-state index >= 15 is 0 Å². The third-order valence-corrected chi connectivity index (χ3v) is 4.50. The minimum absolute atomic E-state index is 0.815. The Morgan fingerprint density at radius 1 is 1.14 bits per heavy atom. The van der Waals surface area contributed by atoms with E-state index in [1.807, 2.05) is 6.08 Å². The Balaban J connectivity index is 2.01. The second kappa shape index (κ2) is 7.50. The van der Waals surface area contributed by atoms with Gasteiger partial charge in [0.15, 0.2) is 0 Å². The summed E-state index contributed by atoms with van der Waals surface area (Å²) in [5, 5.41) is 0. The van der Waals surface area contributed by atoms with Crippen LogP contribution < -0.4 is 0 Å². The minimum atomic E-state index is 0.815. The highest BCUT2D eigenvalue weighted by molar-refractivity contribution is 9.09. The maximum atomic E-state index is 3.82. The van der Waals surface area contributed by atoms with Crippen LogP contribution in [0.4, 0.5) is 0 Å². The number of halogens is 1. The molecular weight excluding hydrogens is 236 g/mol. The fraction of sp³-hybridized carbons (Fsp3) is 0.846. The number of hydrogen-bond donors (Lipinski definition) is 0. The van der Waals surface area contributed by atoms with E-state index in [9.17, 15) is 0 Å². The molecule has 1 heteroatoms. The first-order valence-electron chi connectivity index (χ1n) is 6.09. The number of unbranched alkanes of at least 4 members (excludes halogenated alkanes) is 3. The molecule has 1 aliphatic rings. The molecule has 1 fully saturated rings. The molecule has 0 nitrogen and oxygen atoms in total. The Bertz CT molecular complexity index is 153. The highest BCUT2D eigenvalue weighted by atomic mass is 79.9. The lowest BCUT2D eigenvalue weighted by Gasteiger charge is -2.27. The van der Waals surface area contributed by atoms with E-state index in [4.69, 9.17) is 0 Å². The van der Waals surface area contributed by atoms with Crippen LogP contribution in [-0.4, -0.2) is 4.83 Å². The van der Waals surface area contributed by atoms with Gasteiger partial charge in [-0.05, 0) is 38.0 Å². The van der Waals surface area contributed by atoms with Gasteiger partial charge in [0.1, 0.15) is 0 Å². The molecule has 0 radical (unpaired) electrons. The molecule has 0 spiro atoms. The van der Waals surface area contributed by atoms with Crippen molar-refractivity contribution in [2.45, 2.75) is 62.6 Å². The fourth-order valence-electron chi connectivity index (χ4n) is 2.36. The first kappa shape index (κ1) is 12.3. The lowest BCUT2D eigenvalue weighted by atomic mass is 9.85. The van der Waals surface area contributed by atoms with Crippen LogP contribution in [0, 0.1) is 5.92 Å². The van der Waals surface area contributed by atoms with Gasteiger partial charge in [-0.25, -0.2) is 0 Å². The lowest BCUT2D eigenvalue weighted by Crippen LogP contribution is -2.18. The summed E-state index contributed by atoms with van der Waals surface area (Å²) in [5.74, 6) is 0.965. The summed E-state index contributed by atoms with van der Waals surface area (Å²) in [5.41, 5.74) is 0. The SMILES string of the molecule is C=CCCCCCC1CCCCC1Br. The zero-order valence-electron chi connectivity index (χ0n) is 9.18. The number of hydrogen-bond acceptors (Lipinski definition) is 0. The van der Waals surface area contributed by atoms with E-state index in [0.29, 0.717) is 0 Å². The molecule has 0 amide bonds. The van der Waals surface area contributed by atoms with Crippen molar-refractivity contribution in [3.05, 3.63) is 12.7 Å². The molecule has 0 aromatic heterocycles. The van der Waals surface area contributed by atoms with Crippen LogP contribution in [0.25, 0.3) is 0 Å². The summed E-state index contributed by atoms with van der Waals surface area (Å²) in [4.78, 5) is 0.815. The van der Waals surface area contributed by atoms with Gasteiger partial charge >= 0.3 is 0 Å². The van der Waals surface area contributed by atoms with Crippen LogP contribution in [0.2, 0.25) is 0 Å². The van der Waals surface area contributed by atoms with Gasteiger partial charge in [-0.2, -0.15) is 0 Å². The van der Waals surface area contributed by atoms with E-state index < -0.39 is 0 Å². The predicted molar refractivity (Wildman–Crippen MR) is 68.0 cm³/mol. The van der Waals surface area contributed by atoms with Gasteiger partial charge in [-0.15, -0.1) is 6.58 Å². The highest BCUT2D eigenvalue weighted by Crippen LogP contribution is 2.33. The van der Waals surface area contributed by atoms with Crippen LogP contribution >= 0.6 is 15.9 Å². The normalized spacial score (nSPS) is 27.5. The Hall–Kier alpha value is 0.220. The van der Waals surface area contributed by atoms with Crippen LogP contribution in [0.15, 0.2) is 12.7 Å². The Morgan fingerprint density at radius 3 is 2.64 bits per heavy atom. The second-order valence-electron chi connectivity index (χ2n) is 4.49. The minimum Gasteiger partial charge on any atom is -0.103 e. The fourth-order valence-corrected chi connectivity index (χ4v) is 3.21. The topological polar surface area (TPSA) is 0 Å². The van der Waals surface area contributed by atoms with Crippen LogP contribution in [-0.2, 0) is 0 Å². The number of allylic oxidation sites excluding steroid dienone is 1. The average Bonchev–Trinajstić information content (AvgIpc) is 2.20. The van der Waals surface area contributed by atoms with Crippen molar-refractivity contribution in [2.75, 3.05) is 0 Å². The van der Waals surface area contributed by atoms with Crippen LogP contribution in [0.5, 0.6) is 0 Å². The first-order valence-corrected chi connectivity index (χ1v) is 7.01. The summed E-state index contributed by atoms with van der Waals surface area (Å²) in [6.07, 6.45) is 14.6. The number of alkyl halides is 1. The van der Waals surface area contributed by atoms with Crippen molar-refractivity contribution in [3.63, 3.8) is 0 Å². The third-order valence-electron chi connectivity index (χ3n) is 3.30. The maximum Gasteiger partial charge on any atom is 0.0174 e. The molecule has 0 heterocycles. The van der Waals surface area contributed by atoms with Crippen molar-refractivity contribution in [2.24, 2.45) is 5.92 Å². The molecule has 0 aromatic rings. The zero-order chi connectivity index (χ0) is 10.2. The first-order chi connectivity index (χ1) is 6.84. The Labute approximate surface area is 97.3 Å². The van der Waals surface area contributed by atoms with E-state index in [1.165, 1.54) is 57.8 Å². The standard InChI is InChI=1S/C13H23Br/c1-2-3-4-5-6-9-12-10-7-8-11-13(12)14/h2,12-13H,1,3-11H2. The zero-order valence-corrected chi connectivity index (χ0v) is 10.8. The van der Waals surface area contributed by atoms with E-state index in [1.54, 1.807) is 0 Å². The van der Waals surface area contributed by atoms with Gasteiger partial charge in [0.05, 0.1) is 0 Å². The smallest absolute Gasteiger partial charge is 0.0174 e.